The Hall–Kier alpha value is -0.930. The van der Waals surface area contributed by atoms with Gasteiger partial charge in [0.1, 0.15) is 5.76 Å². The third-order valence-corrected chi connectivity index (χ3v) is 2.71. The standard InChI is InChI=1S/C11H13NOS.C2H6/c1-8-3-5-9-7-11(14-12-2)13-10(9)6-4-8;1-2/h3-8,12H,1-2H3;1-2H3. The molecule has 1 aromatic heterocycles. The lowest BCUT2D eigenvalue weighted by Crippen LogP contribution is -1.88. The lowest BCUT2D eigenvalue weighted by atomic mass is 10.1. The first-order valence-electron chi connectivity index (χ1n) is 5.63. The van der Waals surface area contributed by atoms with Crippen molar-refractivity contribution in [2.75, 3.05) is 7.05 Å². The van der Waals surface area contributed by atoms with Crippen LogP contribution in [0.15, 0.2) is 27.7 Å². The van der Waals surface area contributed by atoms with Gasteiger partial charge in [-0.3, -0.25) is 4.72 Å². The number of fused-ring (bicyclic) bond motifs is 1. The molecule has 0 aliphatic heterocycles. The Labute approximate surface area is 102 Å². The Bertz CT molecular complexity index is 348. The highest BCUT2D eigenvalue weighted by molar-refractivity contribution is 7.97. The van der Waals surface area contributed by atoms with Gasteiger partial charge >= 0.3 is 0 Å². The van der Waals surface area contributed by atoms with Crippen molar-refractivity contribution in [3.8, 4) is 0 Å². The number of hydrogen-bond donors (Lipinski definition) is 1. The van der Waals surface area contributed by atoms with Crippen molar-refractivity contribution in [3.05, 3.63) is 29.5 Å². The number of rotatable bonds is 2. The van der Waals surface area contributed by atoms with Crippen LogP contribution in [0, 0.1) is 5.92 Å². The number of furan rings is 1. The molecular weight excluding hydrogens is 218 g/mol. The third-order valence-electron chi connectivity index (χ3n) is 2.10. The van der Waals surface area contributed by atoms with Crippen molar-refractivity contribution < 1.29 is 4.42 Å². The molecule has 0 fully saturated rings. The zero-order chi connectivity index (χ0) is 12.0. The molecular formula is C13H19NOS. The molecule has 0 spiro atoms. The van der Waals surface area contributed by atoms with Gasteiger partial charge in [-0.2, -0.15) is 0 Å². The molecule has 88 valence electrons. The number of allylic oxidation sites excluding steroid dienone is 2. The Balaban J connectivity index is 0.000000606. The molecule has 0 saturated carbocycles. The van der Waals surface area contributed by atoms with Gasteiger partial charge in [0, 0.05) is 5.56 Å². The monoisotopic (exact) mass is 237 g/mol. The second-order valence-corrected chi connectivity index (χ2v) is 4.28. The van der Waals surface area contributed by atoms with Gasteiger partial charge in [0.25, 0.3) is 0 Å². The molecule has 1 N–H and O–H groups in total. The van der Waals surface area contributed by atoms with Crippen LogP contribution >= 0.6 is 11.9 Å². The van der Waals surface area contributed by atoms with Gasteiger partial charge in [-0.05, 0) is 37.1 Å². The van der Waals surface area contributed by atoms with Crippen LogP contribution in [-0.2, 0) is 0 Å². The molecule has 0 bridgehead atoms. The molecule has 1 unspecified atom stereocenters. The highest BCUT2D eigenvalue weighted by atomic mass is 32.2. The molecule has 1 aromatic rings. The minimum absolute atomic E-state index is 0.484. The lowest BCUT2D eigenvalue weighted by molar-refractivity contribution is 0.465. The van der Waals surface area contributed by atoms with Crippen LogP contribution in [0.2, 0.25) is 0 Å². The van der Waals surface area contributed by atoms with Crippen LogP contribution in [-0.4, -0.2) is 7.05 Å². The average molecular weight is 237 g/mol. The van der Waals surface area contributed by atoms with Crippen molar-refractivity contribution >= 4 is 24.1 Å². The Kier molecular flexibility index (Phi) is 5.43. The van der Waals surface area contributed by atoms with E-state index in [0.29, 0.717) is 5.92 Å². The SMILES string of the molecule is CC.CNSc1cc2c(o1)C=CC(C)C=C2. The smallest absolute Gasteiger partial charge is 0.176 e. The van der Waals surface area contributed by atoms with Crippen molar-refractivity contribution in [1.82, 2.24) is 4.72 Å². The summed E-state index contributed by atoms with van der Waals surface area (Å²) >= 11 is 1.49. The summed E-state index contributed by atoms with van der Waals surface area (Å²) in [5, 5.41) is 0.904. The normalized spacial score (nSPS) is 17.4. The van der Waals surface area contributed by atoms with Gasteiger partial charge in [0.05, 0.1) is 0 Å². The molecule has 0 amide bonds. The van der Waals surface area contributed by atoms with E-state index in [0.717, 1.165) is 16.4 Å². The van der Waals surface area contributed by atoms with Gasteiger partial charge in [-0.1, -0.05) is 39.0 Å². The molecule has 16 heavy (non-hydrogen) atoms. The van der Waals surface area contributed by atoms with E-state index in [-0.39, 0.29) is 0 Å². The minimum Gasteiger partial charge on any atom is -0.449 e. The summed E-state index contributed by atoms with van der Waals surface area (Å²) in [5.41, 5.74) is 1.16. The quantitative estimate of drug-likeness (QED) is 0.780. The zero-order valence-corrected chi connectivity index (χ0v) is 11.1. The third kappa shape index (κ3) is 3.29. The molecule has 0 radical (unpaired) electrons. The summed E-state index contributed by atoms with van der Waals surface area (Å²) in [5.74, 6) is 1.43. The maximum atomic E-state index is 5.64. The molecule has 1 heterocycles. The first kappa shape index (κ1) is 13.1. The van der Waals surface area contributed by atoms with Gasteiger partial charge in [-0.25, -0.2) is 0 Å². The second kappa shape index (κ2) is 6.61. The van der Waals surface area contributed by atoms with E-state index in [4.69, 9.17) is 4.42 Å². The summed E-state index contributed by atoms with van der Waals surface area (Å²) in [6.45, 7) is 6.15. The van der Waals surface area contributed by atoms with Crippen molar-refractivity contribution in [2.45, 2.75) is 25.9 Å². The Morgan fingerprint density at radius 2 is 1.94 bits per heavy atom. The maximum absolute atomic E-state index is 5.64. The first-order chi connectivity index (χ1) is 7.79. The Morgan fingerprint density at radius 1 is 1.25 bits per heavy atom. The van der Waals surface area contributed by atoms with Crippen LogP contribution in [0.5, 0.6) is 0 Å². The van der Waals surface area contributed by atoms with Gasteiger partial charge in [-0.15, -0.1) is 0 Å². The molecule has 3 heteroatoms. The molecule has 1 atom stereocenters. The minimum atomic E-state index is 0.484. The number of hydrogen-bond acceptors (Lipinski definition) is 3. The molecule has 2 rings (SSSR count). The molecule has 1 aliphatic rings. The summed E-state index contributed by atoms with van der Waals surface area (Å²) in [4.78, 5) is 0. The summed E-state index contributed by atoms with van der Waals surface area (Å²) in [7, 11) is 1.88. The summed E-state index contributed by atoms with van der Waals surface area (Å²) < 4.78 is 8.63. The van der Waals surface area contributed by atoms with Gasteiger partial charge < -0.3 is 4.42 Å². The summed E-state index contributed by atoms with van der Waals surface area (Å²) in [6, 6.07) is 2.05. The second-order valence-electron chi connectivity index (χ2n) is 3.27. The van der Waals surface area contributed by atoms with Crippen LogP contribution < -0.4 is 4.72 Å². The molecule has 0 saturated heterocycles. The van der Waals surface area contributed by atoms with Crippen molar-refractivity contribution in [1.29, 1.82) is 0 Å². The van der Waals surface area contributed by atoms with Crippen LogP contribution in [0.4, 0.5) is 0 Å². The van der Waals surface area contributed by atoms with E-state index in [1.807, 2.05) is 27.0 Å². The summed E-state index contributed by atoms with van der Waals surface area (Å²) in [6.07, 6.45) is 8.47. The predicted octanol–water partition coefficient (Wildman–Crippen LogP) is 4.21. The highest BCUT2D eigenvalue weighted by Gasteiger charge is 2.09. The number of nitrogens with one attached hydrogen (secondary N) is 1. The Morgan fingerprint density at radius 3 is 2.62 bits per heavy atom. The fourth-order valence-corrected chi connectivity index (χ4v) is 1.88. The fraction of sp³-hybridized carbons (Fsp3) is 0.385. The molecule has 0 aromatic carbocycles. The van der Waals surface area contributed by atoms with E-state index in [1.165, 1.54) is 11.9 Å². The van der Waals surface area contributed by atoms with Gasteiger partial charge in [0.15, 0.2) is 5.09 Å². The van der Waals surface area contributed by atoms with E-state index >= 15 is 0 Å². The largest absolute Gasteiger partial charge is 0.449 e. The maximum Gasteiger partial charge on any atom is 0.176 e. The molecule has 2 nitrogen and oxygen atoms in total. The fourth-order valence-electron chi connectivity index (χ4n) is 1.37. The van der Waals surface area contributed by atoms with Crippen LogP contribution in [0.3, 0.4) is 0 Å². The van der Waals surface area contributed by atoms with E-state index in [2.05, 4.69) is 35.9 Å². The van der Waals surface area contributed by atoms with E-state index in [1.54, 1.807) is 0 Å². The lowest BCUT2D eigenvalue weighted by Gasteiger charge is -1.93. The molecule has 1 aliphatic carbocycles. The predicted molar refractivity (Wildman–Crippen MR) is 72.2 cm³/mol. The van der Waals surface area contributed by atoms with Crippen LogP contribution in [0.1, 0.15) is 32.1 Å². The first-order valence-corrected chi connectivity index (χ1v) is 6.45. The van der Waals surface area contributed by atoms with E-state index < -0.39 is 0 Å². The van der Waals surface area contributed by atoms with Gasteiger partial charge in [0.2, 0.25) is 0 Å². The van der Waals surface area contributed by atoms with E-state index in [9.17, 15) is 0 Å². The van der Waals surface area contributed by atoms with Crippen molar-refractivity contribution in [3.63, 3.8) is 0 Å². The van der Waals surface area contributed by atoms with Crippen molar-refractivity contribution in [2.24, 2.45) is 5.92 Å². The average Bonchev–Trinajstić information content (AvgIpc) is 2.61. The highest BCUT2D eigenvalue weighted by Crippen LogP contribution is 2.27. The zero-order valence-electron chi connectivity index (χ0n) is 10.3. The topological polar surface area (TPSA) is 25.2 Å². The van der Waals surface area contributed by atoms with Crippen LogP contribution in [0.25, 0.3) is 12.2 Å².